The van der Waals surface area contributed by atoms with Gasteiger partial charge in [-0.05, 0) is 24.0 Å². The molecule has 0 N–H and O–H groups in total. The highest BCUT2D eigenvalue weighted by Crippen LogP contribution is 2.23. The number of hydrogen-bond acceptors (Lipinski definition) is 0. The number of aryl methyl sites for hydroxylation is 1. The van der Waals surface area contributed by atoms with E-state index in [0.717, 1.165) is 11.3 Å². The first kappa shape index (κ1) is 8.80. The second kappa shape index (κ2) is 3.40. The van der Waals surface area contributed by atoms with E-state index in [-0.39, 0.29) is 0 Å². The summed E-state index contributed by atoms with van der Waals surface area (Å²) in [7, 11) is 0. The minimum Gasteiger partial charge on any atom is -0.238 e. The second-order valence-corrected chi connectivity index (χ2v) is 3.31. The van der Waals surface area contributed by atoms with Gasteiger partial charge in [0.05, 0.1) is 6.57 Å². The van der Waals surface area contributed by atoms with Crippen LogP contribution in [0.2, 0.25) is 0 Å². The fourth-order valence-corrected chi connectivity index (χ4v) is 1.16. The average Bonchev–Trinajstić information content (AvgIpc) is 2.04. The Bertz CT molecular complexity index is 318. The SMILES string of the molecule is [C-]#[N+]c1ccc(C(C)C)cc1C. The molecule has 1 nitrogen and oxygen atoms in total. The second-order valence-electron chi connectivity index (χ2n) is 3.31. The Morgan fingerprint density at radius 1 is 1.33 bits per heavy atom. The normalized spacial score (nSPS) is 9.92. The summed E-state index contributed by atoms with van der Waals surface area (Å²) in [5.74, 6) is 0.545. The molecule has 0 heterocycles. The zero-order valence-electron chi connectivity index (χ0n) is 7.76. The molecule has 0 aliphatic heterocycles. The van der Waals surface area contributed by atoms with Gasteiger partial charge in [0.15, 0.2) is 5.69 Å². The molecule has 0 radical (unpaired) electrons. The molecular formula is C11H13N. The Labute approximate surface area is 73.9 Å². The van der Waals surface area contributed by atoms with E-state index in [1.54, 1.807) is 0 Å². The molecule has 0 aromatic heterocycles. The number of nitrogens with zero attached hydrogens (tertiary/aromatic N) is 1. The summed E-state index contributed by atoms with van der Waals surface area (Å²) in [4.78, 5) is 3.42. The smallest absolute Gasteiger partial charge is 0.190 e. The zero-order chi connectivity index (χ0) is 9.14. The first-order valence-electron chi connectivity index (χ1n) is 4.13. The van der Waals surface area contributed by atoms with Crippen LogP contribution in [0.5, 0.6) is 0 Å². The van der Waals surface area contributed by atoms with E-state index in [1.807, 2.05) is 19.1 Å². The van der Waals surface area contributed by atoms with E-state index >= 15 is 0 Å². The number of rotatable bonds is 1. The fraction of sp³-hybridized carbons (Fsp3) is 0.364. The van der Waals surface area contributed by atoms with Crippen molar-refractivity contribution in [3.63, 3.8) is 0 Å². The lowest BCUT2D eigenvalue weighted by atomic mass is 10.0. The van der Waals surface area contributed by atoms with Crippen LogP contribution in [-0.2, 0) is 0 Å². The molecule has 12 heavy (non-hydrogen) atoms. The molecule has 0 fully saturated rings. The highest BCUT2D eigenvalue weighted by Gasteiger charge is 2.01. The molecule has 1 heteroatoms. The van der Waals surface area contributed by atoms with E-state index in [2.05, 4.69) is 24.8 Å². The maximum absolute atomic E-state index is 6.89. The van der Waals surface area contributed by atoms with Crippen LogP contribution in [0.25, 0.3) is 4.85 Å². The molecule has 0 unspecified atom stereocenters. The average molecular weight is 159 g/mol. The maximum atomic E-state index is 6.89. The van der Waals surface area contributed by atoms with Crippen LogP contribution < -0.4 is 0 Å². The summed E-state index contributed by atoms with van der Waals surface area (Å²) in [6.45, 7) is 13.2. The molecular weight excluding hydrogens is 146 g/mol. The van der Waals surface area contributed by atoms with Crippen molar-refractivity contribution in [1.29, 1.82) is 0 Å². The van der Waals surface area contributed by atoms with Crippen LogP contribution in [0.4, 0.5) is 5.69 Å². The lowest BCUT2D eigenvalue weighted by Gasteiger charge is -2.06. The van der Waals surface area contributed by atoms with Crippen LogP contribution in [0.3, 0.4) is 0 Å². The maximum Gasteiger partial charge on any atom is 0.190 e. The molecule has 0 spiro atoms. The van der Waals surface area contributed by atoms with E-state index in [1.165, 1.54) is 5.56 Å². The highest BCUT2D eigenvalue weighted by atomic mass is 14.6. The van der Waals surface area contributed by atoms with E-state index in [0.29, 0.717) is 5.92 Å². The summed E-state index contributed by atoms with van der Waals surface area (Å²) in [6.07, 6.45) is 0. The Hall–Kier alpha value is -1.29. The minimum atomic E-state index is 0.545. The quantitative estimate of drug-likeness (QED) is 0.551. The lowest BCUT2D eigenvalue weighted by molar-refractivity contribution is 0.865. The summed E-state index contributed by atoms with van der Waals surface area (Å²) in [5.41, 5.74) is 3.15. The Morgan fingerprint density at radius 2 is 2.00 bits per heavy atom. The molecule has 0 bridgehead atoms. The van der Waals surface area contributed by atoms with Crippen molar-refractivity contribution in [2.24, 2.45) is 0 Å². The van der Waals surface area contributed by atoms with Gasteiger partial charge < -0.3 is 0 Å². The van der Waals surface area contributed by atoms with Crippen molar-refractivity contribution in [2.75, 3.05) is 0 Å². The molecule has 1 aromatic rings. The minimum absolute atomic E-state index is 0.545. The van der Waals surface area contributed by atoms with Crippen LogP contribution in [-0.4, -0.2) is 0 Å². The third-order valence-corrected chi connectivity index (χ3v) is 2.01. The van der Waals surface area contributed by atoms with Gasteiger partial charge in [0.1, 0.15) is 0 Å². The van der Waals surface area contributed by atoms with Gasteiger partial charge in [0.25, 0.3) is 0 Å². The first-order valence-corrected chi connectivity index (χ1v) is 4.13. The van der Waals surface area contributed by atoms with E-state index < -0.39 is 0 Å². The van der Waals surface area contributed by atoms with Gasteiger partial charge in [-0.25, -0.2) is 4.85 Å². The van der Waals surface area contributed by atoms with Crippen LogP contribution in [0, 0.1) is 13.5 Å². The van der Waals surface area contributed by atoms with Gasteiger partial charge in [0.2, 0.25) is 0 Å². The number of benzene rings is 1. The molecule has 0 saturated heterocycles. The van der Waals surface area contributed by atoms with Crippen molar-refractivity contribution in [3.05, 3.63) is 40.7 Å². The lowest BCUT2D eigenvalue weighted by Crippen LogP contribution is -1.87. The van der Waals surface area contributed by atoms with Gasteiger partial charge in [-0.15, -0.1) is 0 Å². The molecule has 1 rings (SSSR count). The Balaban J connectivity index is 3.12. The molecule has 1 aromatic carbocycles. The van der Waals surface area contributed by atoms with Crippen molar-refractivity contribution in [3.8, 4) is 0 Å². The van der Waals surface area contributed by atoms with Crippen LogP contribution in [0.1, 0.15) is 30.9 Å². The van der Waals surface area contributed by atoms with Gasteiger partial charge in [-0.3, -0.25) is 0 Å². The van der Waals surface area contributed by atoms with Gasteiger partial charge in [-0.1, -0.05) is 32.0 Å². The largest absolute Gasteiger partial charge is 0.238 e. The van der Waals surface area contributed by atoms with Gasteiger partial charge in [-0.2, -0.15) is 0 Å². The predicted octanol–water partition coefficient (Wildman–Crippen LogP) is 3.67. The molecule has 0 atom stereocenters. The molecule has 0 amide bonds. The molecule has 62 valence electrons. The standard InChI is InChI=1S/C11H13N/c1-8(2)10-5-6-11(12-4)9(3)7-10/h5-8H,1-3H3. The first-order chi connectivity index (χ1) is 5.65. The van der Waals surface area contributed by atoms with Crippen molar-refractivity contribution < 1.29 is 0 Å². The monoisotopic (exact) mass is 159 g/mol. The fourth-order valence-electron chi connectivity index (χ4n) is 1.16. The van der Waals surface area contributed by atoms with E-state index in [9.17, 15) is 0 Å². The summed E-state index contributed by atoms with van der Waals surface area (Å²) >= 11 is 0. The Morgan fingerprint density at radius 3 is 2.42 bits per heavy atom. The molecule has 0 saturated carbocycles. The van der Waals surface area contributed by atoms with Crippen molar-refractivity contribution in [1.82, 2.24) is 0 Å². The van der Waals surface area contributed by atoms with Gasteiger partial charge in [0, 0.05) is 0 Å². The predicted molar refractivity (Wildman–Crippen MR) is 51.5 cm³/mol. The third kappa shape index (κ3) is 1.65. The van der Waals surface area contributed by atoms with E-state index in [4.69, 9.17) is 6.57 Å². The summed E-state index contributed by atoms with van der Waals surface area (Å²) in [5, 5.41) is 0. The van der Waals surface area contributed by atoms with Gasteiger partial charge >= 0.3 is 0 Å². The zero-order valence-corrected chi connectivity index (χ0v) is 7.76. The molecule has 0 aliphatic carbocycles. The Kier molecular flexibility index (Phi) is 2.50. The van der Waals surface area contributed by atoms with Crippen LogP contribution in [0.15, 0.2) is 18.2 Å². The number of hydrogen-bond donors (Lipinski definition) is 0. The third-order valence-electron chi connectivity index (χ3n) is 2.01. The molecule has 0 aliphatic rings. The summed E-state index contributed by atoms with van der Waals surface area (Å²) in [6, 6.07) is 6.03. The van der Waals surface area contributed by atoms with Crippen LogP contribution >= 0.6 is 0 Å². The van der Waals surface area contributed by atoms with Crippen molar-refractivity contribution >= 4 is 5.69 Å². The van der Waals surface area contributed by atoms with Crippen molar-refractivity contribution in [2.45, 2.75) is 26.7 Å². The highest BCUT2D eigenvalue weighted by molar-refractivity contribution is 5.53. The summed E-state index contributed by atoms with van der Waals surface area (Å²) < 4.78 is 0. The topological polar surface area (TPSA) is 4.36 Å².